The molecular formula is C11H19NO3. The summed E-state index contributed by atoms with van der Waals surface area (Å²) in [6, 6.07) is 0. The summed E-state index contributed by atoms with van der Waals surface area (Å²) in [4.78, 5) is 22.6. The van der Waals surface area contributed by atoms with E-state index >= 15 is 0 Å². The summed E-state index contributed by atoms with van der Waals surface area (Å²) in [5.74, 6) is -0.877. The van der Waals surface area contributed by atoms with Gasteiger partial charge in [0.05, 0.1) is 5.41 Å². The van der Waals surface area contributed by atoms with Crippen molar-refractivity contribution in [3.05, 3.63) is 0 Å². The highest BCUT2D eigenvalue weighted by Gasteiger charge is 2.44. The van der Waals surface area contributed by atoms with Crippen molar-refractivity contribution in [2.24, 2.45) is 10.8 Å². The first-order chi connectivity index (χ1) is 6.78. The van der Waals surface area contributed by atoms with Crippen molar-refractivity contribution in [3.63, 3.8) is 0 Å². The zero-order chi connectivity index (χ0) is 11.7. The lowest BCUT2D eigenvalue weighted by molar-refractivity contribution is -0.154. The van der Waals surface area contributed by atoms with Gasteiger partial charge in [-0.15, -0.1) is 0 Å². The highest BCUT2D eigenvalue weighted by molar-refractivity contribution is 5.83. The molecule has 0 aromatic rings. The van der Waals surface area contributed by atoms with Crippen LogP contribution in [0.15, 0.2) is 0 Å². The highest BCUT2D eigenvalue weighted by atomic mass is 16.4. The van der Waals surface area contributed by atoms with E-state index in [0.717, 1.165) is 6.42 Å². The van der Waals surface area contributed by atoms with Gasteiger partial charge in [-0.25, -0.2) is 0 Å². The molecule has 1 aliphatic rings. The number of carbonyl (C=O) groups is 2. The lowest BCUT2D eigenvalue weighted by Crippen LogP contribution is -2.49. The highest BCUT2D eigenvalue weighted by Crippen LogP contribution is 2.40. The van der Waals surface area contributed by atoms with Gasteiger partial charge in [-0.3, -0.25) is 9.59 Å². The van der Waals surface area contributed by atoms with E-state index in [4.69, 9.17) is 5.11 Å². The van der Waals surface area contributed by atoms with E-state index in [2.05, 4.69) is 5.32 Å². The third kappa shape index (κ3) is 2.49. The average Bonchev–Trinajstić information content (AvgIpc) is 1.99. The second kappa shape index (κ2) is 3.83. The average molecular weight is 213 g/mol. The van der Waals surface area contributed by atoms with Gasteiger partial charge in [-0.1, -0.05) is 27.2 Å². The Bertz CT molecular complexity index is 274. The number of hydrogen-bond donors (Lipinski definition) is 2. The molecular weight excluding hydrogens is 194 g/mol. The van der Waals surface area contributed by atoms with Gasteiger partial charge in [0.2, 0.25) is 5.91 Å². The summed E-state index contributed by atoms with van der Waals surface area (Å²) >= 11 is 0. The van der Waals surface area contributed by atoms with Gasteiger partial charge in [-0.05, 0) is 12.8 Å². The molecule has 86 valence electrons. The second-order valence-electron chi connectivity index (χ2n) is 5.37. The van der Waals surface area contributed by atoms with Crippen molar-refractivity contribution < 1.29 is 14.7 Å². The van der Waals surface area contributed by atoms with Crippen LogP contribution in [-0.4, -0.2) is 23.5 Å². The van der Waals surface area contributed by atoms with E-state index in [1.165, 1.54) is 0 Å². The summed E-state index contributed by atoms with van der Waals surface area (Å²) in [7, 11) is 0. The topological polar surface area (TPSA) is 66.4 Å². The molecule has 0 saturated heterocycles. The van der Waals surface area contributed by atoms with Crippen LogP contribution in [0.25, 0.3) is 0 Å². The van der Waals surface area contributed by atoms with E-state index in [0.29, 0.717) is 12.8 Å². The minimum absolute atomic E-state index is 0.0879. The fourth-order valence-electron chi connectivity index (χ4n) is 1.58. The lowest BCUT2D eigenvalue weighted by Gasteiger charge is -2.38. The van der Waals surface area contributed by atoms with Crippen molar-refractivity contribution >= 4 is 11.9 Å². The van der Waals surface area contributed by atoms with Crippen LogP contribution in [0.3, 0.4) is 0 Å². The zero-order valence-electron chi connectivity index (χ0n) is 9.59. The van der Waals surface area contributed by atoms with Gasteiger partial charge in [-0.2, -0.15) is 0 Å². The number of rotatable bonds is 3. The van der Waals surface area contributed by atoms with Gasteiger partial charge in [0.1, 0.15) is 0 Å². The van der Waals surface area contributed by atoms with Crippen molar-refractivity contribution in [2.75, 3.05) is 6.54 Å². The van der Waals surface area contributed by atoms with Crippen LogP contribution in [-0.2, 0) is 9.59 Å². The summed E-state index contributed by atoms with van der Waals surface area (Å²) in [6.45, 7) is 5.71. The van der Waals surface area contributed by atoms with E-state index < -0.39 is 16.8 Å². The van der Waals surface area contributed by atoms with Crippen LogP contribution < -0.4 is 5.32 Å². The third-order valence-corrected chi connectivity index (χ3v) is 3.03. The number of carboxylic acid groups (broad SMARTS) is 1. The molecule has 0 aromatic heterocycles. The van der Waals surface area contributed by atoms with Crippen LogP contribution in [0, 0.1) is 10.8 Å². The van der Waals surface area contributed by atoms with Crippen molar-refractivity contribution in [2.45, 2.75) is 40.0 Å². The van der Waals surface area contributed by atoms with Crippen molar-refractivity contribution in [3.8, 4) is 0 Å². The minimum Gasteiger partial charge on any atom is -0.481 e. The molecule has 1 aliphatic carbocycles. The second-order valence-corrected chi connectivity index (χ2v) is 5.37. The Hall–Kier alpha value is -1.06. The van der Waals surface area contributed by atoms with Crippen molar-refractivity contribution in [1.82, 2.24) is 5.32 Å². The van der Waals surface area contributed by atoms with Gasteiger partial charge < -0.3 is 10.4 Å². The van der Waals surface area contributed by atoms with Crippen LogP contribution in [0.1, 0.15) is 40.0 Å². The van der Waals surface area contributed by atoms with Crippen molar-refractivity contribution in [1.29, 1.82) is 0 Å². The van der Waals surface area contributed by atoms with E-state index in [1.807, 2.05) is 20.8 Å². The Kier molecular flexibility index (Phi) is 3.07. The molecule has 0 aliphatic heterocycles. The smallest absolute Gasteiger partial charge is 0.311 e. The fraction of sp³-hybridized carbons (Fsp3) is 0.818. The molecule has 1 amide bonds. The third-order valence-electron chi connectivity index (χ3n) is 3.03. The maximum Gasteiger partial charge on any atom is 0.311 e. The Labute approximate surface area is 90.0 Å². The van der Waals surface area contributed by atoms with Gasteiger partial charge >= 0.3 is 5.97 Å². The normalized spacial score (nSPS) is 19.1. The Morgan fingerprint density at radius 2 is 1.87 bits per heavy atom. The summed E-state index contributed by atoms with van der Waals surface area (Å²) in [5.41, 5.74) is -1.15. The number of aliphatic carboxylic acids is 1. The number of carboxylic acids is 1. The van der Waals surface area contributed by atoms with E-state index in [-0.39, 0.29) is 12.5 Å². The van der Waals surface area contributed by atoms with Crippen LogP contribution >= 0.6 is 0 Å². The van der Waals surface area contributed by atoms with Crippen LogP contribution in [0.2, 0.25) is 0 Å². The quantitative estimate of drug-likeness (QED) is 0.744. The molecule has 15 heavy (non-hydrogen) atoms. The first kappa shape index (κ1) is 12.0. The molecule has 0 bridgehead atoms. The molecule has 0 aromatic carbocycles. The SMILES string of the molecule is CC(C)(C)C(=O)NCC1(C(=O)O)CCC1. The van der Waals surface area contributed by atoms with Crippen LogP contribution in [0.4, 0.5) is 0 Å². The molecule has 4 heteroatoms. The lowest BCUT2D eigenvalue weighted by atomic mass is 9.68. The Morgan fingerprint density at radius 3 is 2.13 bits per heavy atom. The number of nitrogens with one attached hydrogen (secondary N) is 1. The largest absolute Gasteiger partial charge is 0.481 e. The molecule has 2 N–H and O–H groups in total. The monoisotopic (exact) mass is 213 g/mol. The van der Waals surface area contributed by atoms with E-state index in [9.17, 15) is 9.59 Å². The molecule has 4 nitrogen and oxygen atoms in total. The standard InChI is InChI=1S/C11H19NO3/c1-10(2,3)8(13)12-7-11(9(14)15)5-4-6-11/h4-7H2,1-3H3,(H,12,13)(H,14,15). The molecule has 0 heterocycles. The van der Waals surface area contributed by atoms with Gasteiger partial charge in [0, 0.05) is 12.0 Å². The summed E-state index contributed by atoms with van der Waals surface area (Å²) in [5, 5.41) is 11.8. The minimum atomic E-state index is -0.789. The molecule has 1 rings (SSSR count). The maximum absolute atomic E-state index is 11.6. The summed E-state index contributed by atoms with van der Waals surface area (Å²) < 4.78 is 0. The van der Waals surface area contributed by atoms with Gasteiger partial charge in [0.25, 0.3) is 0 Å². The first-order valence-electron chi connectivity index (χ1n) is 5.30. The molecule has 1 fully saturated rings. The predicted molar refractivity (Wildman–Crippen MR) is 56.4 cm³/mol. The Morgan fingerprint density at radius 1 is 1.33 bits per heavy atom. The molecule has 0 atom stereocenters. The number of carbonyl (C=O) groups excluding carboxylic acids is 1. The predicted octanol–water partition coefficient (Wildman–Crippen LogP) is 1.40. The molecule has 0 spiro atoms. The zero-order valence-corrected chi connectivity index (χ0v) is 9.59. The Balaban J connectivity index is 2.49. The fourth-order valence-corrected chi connectivity index (χ4v) is 1.58. The van der Waals surface area contributed by atoms with Crippen LogP contribution in [0.5, 0.6) is 0 Å². The number of amides is 1. The first-order valence-corrected chi connectivity index (χ1v) is 5.30. The van der Waals surface area contributed by atoms with E-state index in [1.54, 1.807) is 0 Å². The van der Waals surface area contributed by atoms with Gasteiger partial charge in [0.15, 0.2) is 0 Å². The molecule has 0 unspecified atom stereocenters. The maximum atomic E-state index is 11.6. The molecule has 0 radical (unpaired) electrons. The number of hydrogen-bond acceptors (Lipinski definition) is 2. The summed E-state index contributed by atoms with van der Waals surface area (Å²) in [6.07, 6.45) is 2.29. The molecule has 1 saturated carbocycles.